The lowest BCUT2D eigenvalue weighted by atomic mass is 10.0. The molecule has 1 aliphatic heterocycles. The first-order chi connectivity index (χ1) is 10.5. The fourth-order valence-corrected chi connectivity index (χ4v) is 2.40. The molecular formula is C13H18FN5O3. The molecule has 2 rings (SSSR count). The second-order valence-corrected chi connectivity index (χ2v) is 4.97. The number of nitrogens with one attached hydrogen (secondary N) is 2. The number of carbonyl (C=O) groups excluding carboxylic acids is 1. The Bertz CT molecular complexity index is 595. The van der Waals surface area contributed by atoms with Gasteiger partial charge in [0.2, 0.25) is 0 Å². The van der Waals surface area contributed by atoms with Gasteiger partial charge in [-0.15, -0.1) is 0 Å². The number of rotatable bonds is 5. The van der Waals surface area contributed by atoms with Crippen LogP contribution >= 0.6 is 0 Å². The minimum atomic E-state index is -1.32. The van der Waals surface area contributed by atoms with Crippen molar-refractivity contribution in [2.24, 2.45) is 0 Å². The number of fused-ring (bicyclic) bond motifs is 1. The van der Waals surface area contributed by atoms with Crippen molar-refractivity contribution in [3.63, 3.8) is 0 Å². The molecule has 1 aliphatic rings. The monoisotopic (exact) mass is 311 g/mol. The zero-order valence-electron chi connectivity index (χ0n) is 12.1. The van der Waals surface area contributed by atoms with Crippen molar-refractivity contribution in [2.75, 3.05) is 37.9 Å². The van der Waals surface area contributed by atoms with Gasteiger partial charge in [-0.05, 0) is 6.07 Å². The Balaban J connectivity index is 2.18. The second kappa shape index (κ2) is 6.46. The minimum absolute atomic E-state index is 0.0330. The topological polar surface area (TPSA) is 121 Å². The maximum Gasteiger partial charge on any atom is 0.405 e. The number of carboxylic acid groups (broad SMARTS) is 1. The number of aromatic nitrogens is 1. The van der Waals surface area contributed by atoms with Crippen molar-refractivity contribution in [2.45, 2.75) is 12.5 Å². The van der Waals surface area contributed by atoms with Crippen LogP contribution in [0.25, 0.3) is 0 Å². The summed E-state index contributed by atoms with van der Waals surface area (Å²) in [6, 6.07) is 0.586. The first kappa shape index (κ1) is 15.8. The van der Waals surface area contributed by atoms with E-state index in [9.17, 15) is 14.0 Å². The van der Waals surface area contributed by atoms with Crippen LogP contribution in [0.3, 0.4) is 0 Å². The molecule has 0 radical (unpaired) electrons. The molecule has 0 saturated carbocycles. The number of pyridine rings is 1. The van der Waals surface area contributed by atoms with Crippen molar-refractivity contribution in [1.82, 2.24) is 15.2 Å². The molecule has 0 aliphatic carbocycles. The largest absolute Gasteiger partial charge is 0.465 e. The van der Waals surface area contributed by atoms with Gasteiger partial charge >= 0.3 is 6.09 Å². The number of hydrogen-bond donors (Lipinski definition) is 4. The summed E-state index contributed by atoms with van der Waals surface area (Å²) in [5, 5.41) is 13.5. The van der Waals surface area contributed by atoms with E-state index in [0.29, 0.717) is 35.7 Å². The predicted molar refractivity (Wildman–Crippen MR) is 78.7 cm³/mol. The Hall–Kier alpha value is -2.58. The number of halogens is 1. The number of nitrogen functional groups attached to an aromatic ring is 1. The summed E-state index contributed by atoms with van der Waals surface area (Å²) >= 11 is 0. The van der Waals surface area contributed by atoms with Crippen molar-refractivity contribution >= 4 is 23.5 Å². The summed E-state index contributed by atoms with van der Waals surface area (Å²) in [6.07, 6.45) is -0.820. The molecular weight excluding hydrogens is 293 g/mol. The summed E-state index contributed by atoms with van der Waals surface area (Å²) in [6.45, 7) is -0.569. The molecule has 9 heteroatoms. The highest BCUT2D eigenvalue weighted by molar-refractivity contribution is 5.97. The number of carbonyl (C=O) groups is 2. The van der Waals surface area contributed by atoms with Crippen LogP contribution in [0.15, 0.2) is 6.07 Å². The lowest BCUT2D eigenvalue weighted by Crippen LogP contribution is -2.49. The molecule has 5 N–H and O–H groups in total. The van der Waals surface area contributed by atoms with Gasteiger partial charge in [-0.25, -0.2) is 14.2 Å². The van der Waals surface area contributed by atoms with Gasteiger partial charge in [0.15, 0.2) is 0 Å². The third-order valence-corrected chi connectivity index (χ3v) is 3.46. The fourth-order valence-electron chi connectivity index (χ4n) is 2.40. The van der Waals surface area contributed by atoms with E-state index < -0.39 is 18.8 Å². The molecule has 1 aromatic rings. The summed E-state index contributed by atoms with van der Waals surface area (Å²) < 4.78 is 12.9. The maximum absolute atomic E-state index is 12.9. The van der Waals surface area contributed by atoms with Crippen molar-refractivity contribution in [1.29, 1.82) is 0 Å². The number of anilines is 2. The first-order valence-electron chi connectivity index (χ1n) is 6.78. The third-order valence-electron chi connectivity index (χ3n) is 3.46. The molecule has 0 bridgehead atoms. The highest BCUT2D eigenvalue weighted by Crippen LogP contribution is 2.24. The predicted octanol–water partition coefficient (Wildman–Crippen LogP) is 0.310. The van der Waals surface area contributed by atoms with E-state index in [1.54, 1.807) is 7.05 Å². The molecule has 2 amide bonds. The number of alkyl halides is 1. The third kappa shape index (κ3) is 3.18. The molecule has 1 atom stereocenters. The molecule has 0 unspecified atom stereocenters. The van der Waals surface area contributed by atoms with Gasteiger partial charge in [0.05, 0.1) is 23.0 Å². The van der Waals surface area contributed by atoms with Crippen LogP contribution in [-0.4, -0.2) is 59.8 Å². The van der Waals surface area contributed by atoms with Crippen molar-refractivity contribution < 1.29 is 19.1 Å². The summed E-state index contributed by atoms with van der Waals surface area (Å²) in [5.74, 6) is 0.183. The molecule has 2 heterocycles. The van der Waals surface area contributed by atoms with Crippen molar-refractivity contribution in [3.05, 3.63) is 17.3 Å². The standard InChI is InChI=1S/C13H18FN5O3/c1-16-11-9(15)4-8-10(18-11)2-3-19(12(8)20)6-7(5-14)17-13(21)22/h4,7,17H,2-3,5-6,15H2,1H3,(H,16,18)(H,21,22)/t7-/m1/s1. The van der Waals surface area contributed by atoms with Crippen LogP contribution < -0.4 is 16.4 Å². The normalized spacial score (nSPS) is 15.2. The molecule has 0 saturated heterocycles. The van der Waals surface area contributed by atoms with Crippen molar-refractivity contribution in [3.8, 4) is 0 Å². The van der Waals surface area contributed by atoms with Gasteiger partial charge in [0.1, 0.15) is 12.5 Å². The van der Waals surface area contributed by atoms with Gasteiger partial charge in [-0.1, -0.05) is 0 Å². The Labute approximate surface area is 126 Å². The van der Waals surface area contributed by atoms with E-state index in [1.165, 1.54) is 11.0 Å². The van der Waals surface area contributed by atoms with Gasteiger partial charge in [-0.2, -0.15) is 0 Å². The SMILES string of the molecule is CNc1nc2c(cc1N)C(=O)N(C[C@@H](CF)NC(=O)O)CC2. The Kier molecular flexibility index (Phi) is 4.64. The second-order valence-electron chi connectivity index (χ2n) is 4.97. The molecule has 22 heavy (non-hydrogen) atoms. The van der Waals surface area contributed by atoms with E-state index in [1.807, 2.05) is 5.32 Å². The number of nitrogens with zero attached hydrogens (tertiary/aromatic N) is 2. The lowest BCUT2D eigenvalue weighted by Gasteiger charge is -2.30. The molecule has 0 aromatic carbocycles. The van der Waals surface area contributed by atoms with Gasteiger partial charge in [0.25, 0.3) is 5.91 Å². The number of amides is 2. The van der Waals surface area contributed by atoms with Gasteiger partial charge in [-0.3, -0.25) is 4.79 Å². The minimum Gasteiger partial charge on any atom is -0.465 e. The molecule has 1 aromatic heterocycles. The Morgan fingerprint density at radius 1 is 1.64 bits per heavy atom. The molecule has 0 fully saturated rings. The van der Waals surface area contributed by atoms with E-state index >= 15 is 0 Å². The average molecular weight is 311 g/mol. The maximum atomic E-state index is 12.9. The average Bonchev–Trinajstić information content (AvgIpc) is 2.48. The summed E-state index contributed by atoms with van der Waals surface area (Å²) in [4.78, 5) is 28.7. The molecule has 8 nitrogen and oxygen atoms in total. The zero-order chi connectivity index (χ0) is 16.3. The van der Waals surface area contributed by atoms with Crippen LogP contribution in [-0.2, 0) is 6.42 Å². The van der Waals surface area contributed by atoms with E-state index in [-0.39, 0.29) is 12.5 Å². The number of hydrogen-bond acceptors (Lipinski definition) is 5. The summed E-state index contributed by atoms with van der Waals surface area (Å²) in [7, 11) is 1.69. The summed E-state index contributed by atoms with van der Waals surface area (Å²) in [5.41, 5.74) is 7.16. The smallest absolute Gasteiger partial charge is 0.405 e. The first-order valence-corrected chi connectivity index (χ1v) is 6.78. The number of nitrogens with two attached hydrogens (primary N) is 1. The van der Waals surface area contributed by atoms with Crippen LogP contribution in [0, 0.1) is 0 Å². The Morgan fingerprint density at radius 3 is 2.95 bits per heavy atom. The molecule has 120 valence electrons. The van der Waals surface area contributed by atoms with Crippen LogP contribution in [0.1, 0.15) is 16.1 Å². The van der Waals surface area contributed by atoms with Crippen LogP contribution in [0.5, 0.6) is 0 Å². The van der Waals surface area contributed by atoms with E-state index in [2.05, 4.69) is 10.3 Å². The zero-order valence-corrected chi connectivity index (χ0v) is 12.1. The van der Waals surface area contributed by atoms with Crippen LogP contribution in [0.4, 0.5) is 20.7 Å². The quantitative estimate of drug-likeness (QED) is 0.621. The molecule has 0 spiro atoms. The van der Waals surface area contributed by atoms with Crippen LogP contribution in [0.2, 0.25) is 0 Å². The van der Waals surface area contributed by atoms with Gasteiger partial charge in [0, 0.05) is 26.6 Å². The Morgan fingerprint density at radius 2 is 2.36 bits per heavy atom. The highest BCUT2D eigenvalue weighted by atomic mass is 19.1. The van der Waals surface area contributed by atoms with E-state index in [0.717, 1.165) is 0 Å². The van der Waals surface area contributed by atoms with Gasteiger partial charge < -0.3 is 26.4 Å². The van der Waals surface area contributed by atoms with E-state index in [4.69, 9.17) is 10.8 Å². The highest BCUT2D eigenvalue weighted by Gasteiger charge is 2.28. The fraction of sp³-hybridized carbons (Fsp3) is 0.462. The lowest BCUT2D eigenvalue weighted by molar-refractivity contribution is 0.0712.